The van der Waals surface area contributed by atoms with Crippen molar-refractivity contribution in [2.45, 2.75) is 10.6 Å². The number of nitrogens with one attached hydrogen (secondary N) is 1. The molecule has 0 atom stereocenters. The molecule has 0 radical (unpaired) electrons. The first-order valence-corrected chi connectivity index (χ1v) is 12.2. The van der Waals surface area contributed by atoms with Gasteiger partial charge in [-0.05, 0) is 46.3 Å². The van der Waals surface area contributed by atoms with Gasteiger partial charge in [0.25, 0.3) is 5.91 Å². The Hall–Kier alpha value is -1.07. The van der Waals surface area contributed by atoms with Crippen molar-refractivity contribution in [2.75, 3.05) is 33.5 Å². The van der Waals surface area contributed by atoms with Crippen molar-refractivity contribution in [1.29, 1.82) is 0 Å². The Morgan fingerprint density at radius 1 is 1.30 bits per heavy atom. The predicted octanol–water partition coefficient (Wildman–Crippen LogP) is 3.43. The topological polar surface area (TPSA) is 75.7 Å². The maximum Gasteiger partial charge on any atom is 0.251 e. The van der Waals surface area contributed by atoms with Crippen molar-refractivity contribution in [2.24, 2.45) is 0 Å². The normalized spacial score (nSPS) is 11.6. The fraction of sp³-hybridized carbons (Fsp3) is 0.353. The van der Waals surface area contributed by atoms with E-state index in [0.717, 1.165) is 19.6 Å². The maximum absolute atomic E-state index is 12.4. The van der Waals surface area contributed by atoms with Crippen molar-refractivity contribution in [3.05, 3.63) is 44.6 Å². The molecule has 0 saturated heterocycles. The molecule has 2 rings (SSSR count). The van der Waals surface area contributed by atoms with Gasteiger partial charge in [0.2, 0.25) is 10.0 Å². The largest absolute Gasteiger partial charge is 0.495 e. The minimum absolute atomic E-state index is 0.0275. The second-order valence-electron chi connectivity index (χ2n) is 5.67. The van der Waals surface area contributed by atoms with Crippen LogP contribution in [0.1, 0.15) is 15.2 Å². The number of methoxy groups -OCH3 is 1. The number of thiophene rings is 1. The number of amides is 1. The van der Waals surface area contributed by atoms with Crippen molar-refractivity contribution >= 4 is 55.0 Å². The molecule has 10 heteroatoms. The lowest BCUT2D eigenvalue weighted by Crippen LogP contribution is -2.27. The molecule has 0 aliphatic carbocycles. The molecule has 0 fully saturated rings. The summed E-state index contributed by atoms with van der Waals surface area (Å²) in [5.41, 5.74) is 0.281. The zero-order chi connectivity index (χ0) is 20.0. The fourth-order valence-electron chi connectivity index (χ4n) is 2.16. The van der Waals surface area contributed by atoms with E-state index in [-0.39, 0.29) is 22.1 Å². The highest BCUT2D eigenvalue weighted by atomic mass is 79.9. The average Bonchev–Trinajstić information content (AvgIpc) is 3.05. The van der Waals surface area contributed by atoms with E-state index in [1.165, 1.54) is 38.2 Å². The van der Waals surface area contributed by atoms with Crippen molar-refractivity contribution in [1.82, 2.24) is 9.62 Å². The van der Waals surface area contributed by atoms with Crippen LogP contribution in [0.15, 0.2) is 39.0 Å². The number of nitrogens with zero attached hydrogens (tertiary/aromatic N) is 1. The van der Waals surface area contributed by atoms with Crippen molar-refractivity contribution in [3.8, 4) is 5.75 Å². The summed E-state index contributed by atoms with van der Waals surface area (Å²) in [7, 11) is 0.555. The smallest absolute Gasteiger partial charge is 0.251 e. The summed E-state index contributed by atoms with van der Waals surface area (Å²) in [6, 6.07) is 8.49. The molecule has 0 aliphatic heterocycles. The number of carbonyl (C=O) groups excluding carboxylic acids is 1. The van der Waals surface area contributed by atoms with Crippen LogP contribution < -0.4 is 10.1 Å². The van der Waals surface area contributed by atoms with Crippen LogP contribution in [-0.4, -0.2) is 52.1 Å². The van der Waals surface area contributed by atoms with Gasteiger partial charge < -0.3 is 10.1 Å². The number of ether oxygens (including phenoxy) is 1. The first kappa shape index (κ1) is 22.2. The molecule has 0 bridgehead atoms. The highest BCUT2D eigenvalue weighted by Crippen LogP contribution is 2.27. The molecule has 1 amide bonds. The third-order valence-corrected chi connectivity index (χ3v) is 8.24. The third kappa shape index (κ3) is 5.95. The van der Waals surface area contributed by atoms with Gasteiger partial charge in [-0.25, -0.2) is 12.7 Å². The monoisotopic (exact) mass is 492 g/mol. The van der Waals surface area contributed by atoms with E-state index in [2.05, 4.69) is 27.3 Å². The van der Waals surface area contributed by atoms with Gasteiger partial charge in [-0.1, -0.05) is 0 Å². The Morgan fingerprint density at radius 2 is 2.04 bits per heavy atom. The van der Waals surface area contributed by atoms with E-state index in [9.17, 15) is 13.2 Å². The molecule has 1 aromatic carbocycles. The average molecular weight is 493 g/mol. The molecule has 0 unspecified atom stereocenters. The number of hydrogen-bond acceptors (Lipinski definition) is 6. The fourth-order valence-corrected chi connectivity index (χ4v) is 5.68. The van der Waals surface area contributed by atoms with E-state index < -0.39 is 10.0 Å². The molecule has 148 valence electrons. The number of carbonyl (C=O) groups is 1. The Kier molecular flexibility index (Phi) is 8.17. The zero-order valence-electron chi connectivity index (χ0n) is 15.2. The summed E-state index contributed by atoms with van der Waals surface area (Å²) in [6.45, 7) is 0.498. The molecule has 27 heavy (non-hydrogen) atoms. The molecule has 0 spiro atoms. The van der Waals surface area contributed by atoms with E-state index in [1.807, 2.05) is 6.07 Å². The predicted molar refractivity (Wildman–Crippen MR) is 114 cm³/mol. The maximum atomic E-state index is 12.4. The lowest BCUT2D eigenvalue weighted by atomic mass is 10.2. The minimum Gasteiger partial charge on any atom is -0.495 e. The third-order valence-electron chi connectivity index (χ3n) is 3.59. The van der Waals surface area contributed by atoms with E-state index >= 15 is 0 Å². The summed E-state index contributed by atoms with van der Waals surface area (Å²) in [5, 5.41) is 2.82. The second-order valence-corrected chi connectivity index (χ2v) is 11.4. The second kappa shape index (κ2) is 9.92. The van der Waals surface area contributed by atoms with Gasteiger partial charge in [0.1, 0.15) is 10.6 Å². The lowest BCUT2D eigenvalue weighted by molar-refractivity contribution is 0.0956. The molecule has 6 nitrogen and oxygen atoms in total. The minimum atomic E-state index is -3.71. The summed E-state index contributed by atoms with van der Waals surface area (Å²) >= 11 is 6.86. The van der Waals surface area contributed by atoms with Crippen LogP contribution in [0.25, 0.3) is 0 Å². The molecule has 1 N–H and O–H groups in total. The Morgan fingerprint density at radius 3 is 2.63 bits per heavy atom. The Balaban J connectivity index is 1.95. The highest BCUT2D eigenvalue weighted by Gasteiger charge is 2.23. The molecular formula is C17H21BrN2O4S3. The van der Waals surface area contributed by atoms with Crippen molar-refractivity contribution < 1.29 is 17.9 Å². The van der Waals surface area contributed by atoms with Crippen LogP contribution in [0.4, 0.5) is 0 Å². The van der Waals surface area contributed by atoms with Crippen LogP contribution >= 0.6 is 39.0 Å². The first-order chi connectivity index (χ1) is 12.8. The molecule has 2 aromatic rings. The zero-order valence-corrected chi connectivity index (χ0v) is 19.2. The number of rotatable bonds is 9. The molecular weight excluding hydrogens is 472 g/mol. The van der Waals surface area contributed by atoms with Gasteiger partial charge >= 0.3 is 0 Å². The van der Waals surface area contributed by atoms with E-state index in [1.54, 1.807) is 29.2 Å². The van der Waals surface area contributed by atoms with Crippen LogP contribution in [0.3, 0.4) is 0 Å². The Bertz CT molecular complexity index is 897. The SMILES string of the molecule is COc1ccc(C(=O)NCCSCc2ccc(Br)s2)cc1S(=O)(=O)N(C)C. The number of thioether (sulfide) groups is 1. The molecule has 1 heterocycles. The van der Waals surface area contributed by atoms with E-state index in [0.29, 0.717) is 6.54 Å². The first-order valence-electron chi connectivity index (χ1n) is 7.96. The van der Waals surface area contributed by atoms with Gasteiger partial charge in [-0.2, -0.15) is 11.8 Å². The lowest BCUT2D eigenvalue weighted by Gasteiger charge is -2.15. The molecule has 1 aromatic heterocycles. The van der Waals surface area contributed by atoms with E-state index in [4.69, 9.17) is 4.74 Å². The summed E-state index contributed by atoms with van der Waals surface area (Å²) < 4.78 is 32.2. The summed E-state index contributed by atoms with van der Waals surface area (Å²) in [5.74, 6) is 1.55. The highest BCUT2D eigenvalue weighted by molar-refractivity contribution is 9.11. The number of benzene rings is 1. The van der Waals surface area contributed by atoms with Crippen LogP contribution in [0.5, 0.6) is 5.75 Å². The quantitative estimate of drug-likeness (QED) is 0.542. The Labute approximate surface area is 176 Å². The van der Waals surface area contributed by atoms with Crippen LogP contribution in [-0.2, 0) is 15.8 Å². The summed E-state index contributed by atoms with van der Waals surface area (Å²) in [6.07, 6.45) is 0. The van der Waals surface area contributed by atoms with Gasteiger partial charge in [-0.3, -0.25) is 4.79 Å². The van der Waals surface area contributed by atoms with Gasteiger partial charge in [-0.15, -0.1) is 11.3 Å². The number of hydrogen-bond donors (Lipinski definition) is 1. The number of halogens is 1. The van der Waals surface area contributed by atoms with Gasteiger partial charge in [0.05, 0.1) is 10.9 Å². The van der Waals surface area contributed by atoms with Crippen molar-refractivity contribution in [3.63, 3.8) is 0 Å². The molecule has 0 aliphatic rings. The van der Waals surface area contributed by atoms with Gasteiger partial charge in [0, 0.05) is 42.6 Å². The molecule has 0 saturated carbocycles. The van der Waals surface area contributed by atoms with Crippen LogP contribution in [0, 0.1) is 0 Å². The van der Waals surface area contributed by atoms with Gasteiger partial charge in [0.15, 0.2) is 0 Å². The van der Waals surface area contributed by atoms with Crippen LogP contribution in [0.2, 0.25) is 0 Å². The number of sulfonamides is 1. The summed E-state index contributed by atoms with van der Waals surface area (Å²) in [4.78, 5) is 13.6. The standard InChI is InChI=1S/C17H21BrN2O4S3/c1-20(2)27(22,23)15-10-12(4-6-14(15)24-3)17(21)19-8-9-25-11-13-5-7-16(18)26-13/h4-7,10H,8-9,11H2,1-3H3,(H,19,21).